The van der Waals surface area contributed by atoms with Crippen LogP contribution in [0, 0.1) is 0 Å². The van der Waals surface area contributed by atoms with Gasteiger partial charge in [-0.05, 0) is 0 Å². The van der Waals surface area contributed by atoms with E-state index in [1.807, 2.05) is 0 Å². The van der Waals surface area contributed by atoms with Gasteiger partial charge in [0.1, 0.15) is 30.6 Å². The van der Waals surface area contributed by atoms with Crippen molar-refractivity contribution in [3.05, 3.63) is 0 Å². The van der Waals surface area contributed by atoms with Crippen molar-refractivity contribution in [1.82, 2.24) is 0 Å². The van der Waals surface area contributed by atoms with Gasteiger partial charge in [-0.15, -0.1) is 0 Å². The minimum atomic E-state index is -0.951. The molecule has 1 unspecified atom stereocenters. The molecular formula is C8H17NO5. The maximum Gasteiger partial charge on any atom is 0.135 e. The first-order chi connectivity index (χ1) is 6.65. The molecule has 0 aliphatic carbocycles. The van der Waals surface area contributed by atoms with E-state index in [-0.39, 0.29) is 6.61 Å². The van der Waals surface area contributed by atoms with E-state index in [1.54, 1.807) is 0 Å². The van der Waals surface area contributed by atoms with Crippen molar-refractivity contribution in [1.29, 1.82) is 0 Å². The summed E-state index contributed by atoms with van der Waals surface area (Å²) < 4.78 is 15.3. The van der Waals surface area contributed by atoms with Gasteiger partial charge in [-0.1, -0.05) is 0 Å². The van der Waals surface area contributed by atoms with E-state index in [0.717, 1.165) is 0 Å². The monoisotopic (exact) mass is 207 g/mol. The summed E-state index contributed by atoms with van der Waals surface area (Å²) in [7, 11) is 2.92. The van der Waals surface area contributed by atoms with E-state index in [9.17, 15) is 5.11 Å². The molecule has 6 heteroatoms. The van der Waals surface area contributed by atoms with Crippen LogP contribution < -0.4 is 5.73 Å². The van der Waals surface area contributed by atoms with Gasteiger partial charge in [-0.3, -0.25) is 0 Å². The lowest BCUT2D eigenvalue weighted by atomic mass is 9.98. The average Bonchev–Trinajstić information content (AvgIpc) is 2.20. The second-order valence-corrected chi connectivity index (χ2v) is 3.21. The van der Waals surface area contributed by atoms with Gasteiger partial charge in [0, 0.05) is 14.2 Å². The Kier molecular flexibility index (Phi) is 4.24. The molecule has 0 aromatic carbocycles. The zero-order valence-corrected chi connectivity index (χ0v) is 8.29. The van der Waals surface area contributed by atoms with Crippen LogP contribution in [0.5, 0.6) is 0 Å². The van der Waals surface area contributed by atoms with Crippen LogP contribution in [0.4, 0.5) is 0 Å². The quantitative estimate of drug-likeness (QED) is 0.498. The molecule has 1 rings (SSSR count). The third kappa shape index (κ3) is 2.05. The fourth-order valence-corrected chi connectivity index (χ4v) is 1.66. The van der Waals surface area contributed by atoms with Gasteiger partial charge >= 0.3 is 0 Å². The van der Waals surface area contributed by atoms with E-state index >= 15 is 0 Å². The van der Waals surface area contributed by atoms with Gasteiger partial charge < -0.3 is 30.2 Å². The summed E-state index contributed by atoms with van der Waals surface area (Å²) in [5.74, 6) is 0. The van der Waals surface area contributed by atoms with Crippen LogP contribution in [0.3, 0.4) is 0 Å². The van der Waals surface area contributed by atoms with Crippen molar-refractivity contribution in [2.75, 3.05) is 20.8 Å². The Bertz CT molecular complexity index is 175. The van der Waals surface area contributed by atoms with E-state index in [2.05, 4.69) is 0 Å². The maximum absolute atomic E-state index is 9.62. The summed E-state index contributed by atoms with van der Waals surface area (Å²) in [4.78, 5) is 0. The van der Waals surface area contributed by atoms with E-state index < -0.39 is 30.6 Å². The Balaban J connectivity index is 2.75. The molecule has 1 saturated heterocycles. The Morgan fingerprint density at radius 3 is 2.29 bits per heavy atom. The molecular weight excluding hydrogens is 190 g/mol. The van der Waals surface area contributed by atoms with Crippen molar-refractivity contribution in [2.45, 2.75) is 30.6 Å². The predicted molar refractivity (Wildman–Crippen MR) is 47.5 cm³/mol. The summed E-state index contributed by atoms with van der Waals surface area (Å²) in [5, 5.41) is 18.6. The maximum atomic E-state index is 9.62. The first-order valence-electron chi connectivity index (χ1n) is 4.41. The van der Waals surface area contributed by atoms with Gasteiger partial charge in [0.15, 0.2) is 0 Å². The van der Waals surface area contributed by atoms with Crippen molar-refractivity contribution in [3.63, 3.8) is 0 Å². The lowest BCUT2D eigenvalue weighted by Crippen LogP contribution is -2.62. The summed E-state index contributed by atoms with van der Waals surface area (Å²) in [6, 6.07) is 0. The zero-order chi connectivity index (χ0) is 10.7. The molecule has 0 bridgehead atoms. The van der Waals surface area contributed by atoms with E-state index in [0.29, 0.717) is 0 Å². The Labute approximate surface area is 82.6 Å². The predicted octanol–water partition coefficient (Wildman–Crippen LogP) is -1.95. The smallest absolute Gasteiger partial charge is 0.135 e. The van der Waals surface area contributed by atoms with Crippen LogP contribution in [0.2, 0.25) is 0 Å². The van der Waals surface area contributed by atoms with E-state index in [1.165, 1.54) is 14.2 Å². The van der Waals surface area contributed by atoms with Gasteiger partial charge in [0.2, 0.25) is 0 Å². The molecule has 14 heavy (non-hydrogen) atoms. The molecule has 0 saturated carbocycles. The molecule has 0 aromatic heterocycles. The third-order valence-electron chi connectivity index (χ3n) is 2.42. The van der Waals surface area contributed by atoms with Crippen molar-refractivity contribution >= 4 is 0 Å². The number of ether oxygens (including phenoxy) is 3. The number of nitrogens with two attached hydrogens (primary N) is 1. The Hall–Kier alpha value is -0.240. The summed E-state index contributed by atoms with van der Waals surface area (Å²) in [6.07, 6.45) is -3.47. The first kappa shape index (κ1) is 11.8. The highest BCUT2D eigenvalue weighted by atomic mass is 16.6. The molecule has 0 amide bonds. The SMILES string of the molecule is CO[C@H]1[C@H](OC)[C@@H](O)C(N)O[C@@H]1CO. The fourth-order valence-electron chi connectivity index (χ4n) is 1.66. The summed E-state index contributed by atoms with van der Waals surface area (Å²) >= 11 is 0. The number of rotatable bonds is 3. The van der Waals surface area contributed by atoms with Crippen LogP contribution in [-0.4, -0.2) is 61.7 Å². The summed E-state index contributed by atoms with van der Waals surface area (Å²) in [5.41, 5.74) is 5.51. The molecule has 4 N–H and O–H groups in total. The number of methoxy groups -OCH3 is 2. The molecule has 84 valence electrons. The molecule has 0 aromatic rings. The topological polar surface area (TPSA) is 94.2 Å². The fraction of sp³-hybridized carbons (Fsp3) is 1.00. The minimum Gasteiger partial charge on any atom is -0.394 e. The van der Waals surface area contributed by atoms with Crippen molar-refractivity contribution < 1.29 is 24.4 Å². The highest BCUT2D eigenvalue weighted by Crippen LogP contribution is 2.22. The number of aliphatic hydroxyl groups is 2. The second-order valence-electron chi connectivity index (χ2n) is 3.21. The van der Waals surface area contributed by atoms with Crippen LogP contribution in [0.25, 0.3) is 0 Å². The molecule has 1 aliphatic heterocycles. The molecule has 1 aliphatic rings. The largest absolute Gasteiger partial charge is 0.394 e. The molecule has 0 spiro atoms. The minimum absolute atomic E-state index is 0.223. The van der Waals surface area contributed by atoms with Crippen molar-refractivity contribution in [3.8, 4) is 0 Å². The molecule has 6 nitrogen and oxygen atoms in total. The highest BCUT2D eigenvalue weighted by Gasteiger charge is 2.44. The highest BCUT2D eigenvalue weighted by molar-refractivity contribution is 4.91. The normalized spacial score (nSPS) is 43.9. The average molecular weight is 207 g/mol. The Morgan fingerprint density at radius 1 is 1.29 bits per heavy atom. The van der Waals surface area contributed by atoms with Gasteiger partial charge in [0.25, 0.3) is 0 Å². The van der Waals surface area contributed by atoms with Crippen LogP contribution >= 0.6 is 0 Å². The van der Waals surface area contributed by atoms with Gasteiger partial charge in [-0.25, -0.2) is 0 Å². The molecule has 1 heterocycles. The van der Waals surface area contributed by atoms with E-state index in [4.69, 9.17) is 25.1 Å². The summed E-state index contributed by atoms with van der Waals surface area (Å²) in [6.45, 7) is -0.223. The van der Waals surface area contributed by atoms with Gasteiger partial charge in [-0.2, -0.15) is 0 Å². The first-order valence-corrected chi connectivity index (χ1v) is 4.41. The zero-order valence-electron chi connectivity index (χ0n) is 8.29. The van der Waals surface area contributed by atoms with Crippen LogP contribution in [0.1, 0.15) is 0 Å². The molecule has 0 radical (unpaired) electrons. The van der Waals surface area contributed by atoms with Gasteiger partial charge in [0.05, 0.1) is 6.61 Å². The lowest BCUT2D eigenvalue weighted by molar-refractivity contribution is -0.240. The number of hydrogen-bond acceptors (Lipinski definition) is 6. The standard InChI is InChI=1S/C8H17NO5/c1-12-6-4(3-10)14-8(9)5(11)7(6)13-2/h4-8,10-11H,3,9H2,1-2H3/t4-,5-,6-,7-,8?/m1/s1. The van der Waals surface area contributed by atoms with Crippen LogP contribution in [-0.2, 0) is 14.2 Å². The van der Waals surface area contributed by atoms with Crippen LogP contribution in [0.15, 0.2) is 0 Å². The number of aliphatic hydroxyl groups excluding tert-OH is 2. The lowest BCUT2D eigenvalue weighted by Gasteiger charge is -2.41. The Morgan fingerprint density at radius 2 is 1.86 bits per heavy atom. The molecule has 5 atom stereocenters. The van der Waals surface area contributed by atoms with Crippen molar-refractivity contribution in [2.24, 2.45) is 5.73 Å². The second kappa shape index (κ2) is 5.01. The third-order valence-corrected chi connectivity index (χ3v) is 2.42. The molecule has 1 fully saturated rings. The number of hydrogen-bond donors (Lipinski definition) is 3.